The predicted octanol–water partition coefficient (Wildman–Crippen LogP) is 0.534. The zero-order valence-electron chi connectivity index (χ0n) is 7.69. The first-order valence-electron chi connectivity index (χ1n) is 4.22. The minimum atomic E-state index is -0.581. The number of hydrogen-bond donors (Lipinski definition) is 1. The molecule has 2 rings (SSSR count). The Balaban J connectivity index is 2.60. The van der Waals surface area contributed by atoms with Gasteiger partial charge in [0.2, 0.25) is 5.91 Å². The van der Waals surface area contributed by atoms with Gasteiger partial charge in [-0.05, 0) is 12.1 Å². The first-order valence-corrected chi connectivity index (χ1v) is 4.22. The van der Waals surface area contributed by atoms with Crippen molar-refractivity contribution in [2.24, 2.45) is 5.73 Å². The van der Waals surface area contributed by atoms with Gasteiger partial charge in [0.1, 0.15) is 6.04 Å². The maximum absolute atomic E-state index is 11.5. The van der Waals surface area contributed by atoms with Crippen LogP contribution in [0.5, 0.6) is 0 Å². The van der Waals surface area contributed by atoms with Crippen LogP contribution in [0.1, 0.15) is 17.2 Å². The summed E-state index contributed by atoms with van der Waals surface area (Å²) in [5, 5.41) is 8.70. The van der Waals surface area contributed by atoms with E-state index in [4.69, 9.17) is 11.0 Å². The molecule has 0 bridgehead atoms. The SMILES string of the molecule is CN1C(=O)C(N)c2ccc(C#N)cc21. The molecule has 1 aromatic rings. The van der Waals surface area contributed by atoms with Gasteiger partial charge in [-0.25, -0.2) is 0 Å². The van der Waals surface area contributed by atoms with E-state index in [0.29, 0.717) is 5.56 Å². The molecule has 1 unspecified atom stereocenters. The largest absolute Gasteiger partial charge is 0.316 e. The first-order chi connectivity index (χ1) is 6.65. The summed E-state index contributed by atoms with van der Waals surface area (Å²) >= 11 is 0. The van der Waals surface area contributed by atoms with E-state index in [0.717, 1.165) is 11.3 Å². The minimum absolute atomic E-state index is 0.130. The molecule has 1 aliphatic heterocycles. The van der Waals surface area contributed by atoms with E-state index in [1.54, 1.807) is 25.2 Å². The van der Waals surface area contributed by atoms with E-state index >= 15 is 0 Å². The zero-order chi connectivity index (χ0) is 10.3. The highest BCUT2D eigenvalue weighted by Crippen LogP contribution is 2.33. The highest BCUT2D eigenvalue weighted by atomic mass is 16.2. The Bertz CT molecular complexity index is 447. The number of carbonyl (C=O) groups is 1. The Kier molecular flexibility index (Phi) is 1.76. The maximum atomic E-state index is 11.5. The molecule has 0 aliphatic carbocycles. The van der Waals surface area contributed by atoms with Gasteiger partial charge in [-0.2, -0.15) is 5.26 Å². The maximum Gasteiger partial charge on any atom is 0.248 e. The highest BCUT2D eigenvalue weighted by molar-refractivity contribution is 6.04. The molecule has 4 nitrogen and oxygen atoms in total. The molecule has 0 fully saturated rings. The molecule has 4 heteroatoms. The fraction of sp³-hybridized carbons (Fsp3) is 0.200. The van der Waals surface area contributed by atoms with Crippen molar-refractivity contribution in [2.45, 2.75) is 6.04 Å². The third-order valence-corrected chi connectivity index (χ3v) is 2.45. The van der Waals surface area contributed by atoms with Gasteiger partial charge < -0.3 is 10.6 Å². The summed E-state index contributed by atoms with van der Waals surface area (Å²) in [5.74, 6) is -0.130. The molecule has 1 atom stereocenters. The molecule has 0 saturated heterocycles. The van der Waals surface area contributed by atoms with Crippen molar-refractivity contribution in [1.82, 2.24) is 0 Å². The molecule has 0 saturated carbocycles. The second-order valence-corrected chi connectivity index (χ2v) is 3.26. The number of rotatable bonds is 0. The molecule has 1 aromatic carbocycles. The number of anilines is 1. The zero-order valence-corrected chi connectivity index (χ0v) is 7.69. The molecule has 1 heterocycles. The van der Waals surface area contributed by atoms with Crippen LogP contribution in [0.25, 0.3) is 0 Å². The van der Waals surface area contributed by atoms with Gasteiger partial charge in [-0.15, -0.1) is 0 Å². The van der Waals surface area contributed by atoms with Gasteiger partial charge in [0, 0.05) is 18.3 Å². The monoisotopic (exact) mass is 187 g/mol. The molecule has 14 heavy (non-hydrogen) atoms. The molecule has 1 amide bonds. The lowest BCUT2D eigenvalue weighted by atomic mass is 10.1. The van der Waals surface area contributed by atoms with E-state index in [2.05, 4.69) is 0 Å². The normalized spacial score (nSPS) is 19.4. The fourth-order valence-electron chi connectivity index (χ4n) is 1.63. The van der Waals surface area contributed by atoms with Crippen molar-refractivity contribution < 1.29 is 4.79 Å². The lowest BCUT2D eigenvalue weighted by Gasteiger charge is -2.09. The molecular weight excluding hydrogens is 178 g/mol. The third kappa shape index (κ3) is 0.998. The third-order valence-electron chi connectivity index (χ3n) is 2.45. The van der Waals surface area contributed by atoms with Crippen LogP contribution < -0.4 is 10.6 Å². The van der Waals surface area contributed by atoms with E-state index in [1.807, 2.05) is 6.07 Å². The summed E-state index contributed by atoms with van der Waals surface area (Å²) < 4.78 is 0. The number of fused-ring (bicyclic) bond motifs is 1. The summed E-state index contributed by atoms with van der Waals surface area (Å²) in [4.78, 5) is 13.0. The standard InChI is InChI=1S/C10H9N3O/c1-13-8-4-6(5-11)2-3-7(8)9(12)10(13)14/h2-4,9H,12H2,1H3. The average molecular weight is 187 g/mol. The van der Waals surface area contributed by atoms with Crippen LogP contribution in [0.2, 0.25) is 0 Å². The molecule has 2 N–H and O–H groups in total. The van der Waals surface area contributed by atoms with Crippen molar-refractivity contribution in [3.8, 4) is 6.07 Å². The lowest BCUT2D eigenvalue weighted by Crippen LogP contribution is -2.27. The number of benzene rings is 1. The van der Waals surface area contributed by atoms with E-state index in [1.165, 1.54) is 4.90 Å². The number of amides is 1. The first kappa shape index (κ1) is 8.73. The van der Waals surface area contributed by atoms with Crippen LogP contribution in [0.4, 0.5) is 5.69 Å². The fourth-order valence-corrected chi connectivity index (χ4v) is 1.63. The number of nitrogens with zero attached hydrogens (tertiary/aromatic N) is 2. The average Bonchev–Trinajstić information content (AvgIpc) is 2.44. The number of carbonyl (C=O) groups excluding carboxylic acids is 1. The van der Waals surface area contributed by atoms with Crippen molar-refractivity contribution in [3.63, 3.8) is 0 Å². The summed E-state index contributed by atoms with van der Waals surface area (Å²) in [6.45, 7) is 0. The van der Waals surface area contributed by atoms with Crippen LogP contribution in [0, 0.1) is 11.3 Å². The van der Waals surface area contributed by atoms with Crippen molar-refractivity contribution in [2.75, 3.05) is 11.9 Å². The van der Waals surface area contributed by atoms with Gasteiger partial charge in [0.05, 0.1) is 11.6 Å². The van der Waals surface area contributed by atoms with Crippen LogP contribution in [-0.2, 0) is 4.79 Å². The van der Waals surface area contributed by atoms with Gasteiger partial charge in [-0.1, -0.05) is 6.07 Å². The molecule has 0 aromatic heterocycles. The van der Waals surface area contributed by atoms with Crippen molar-refractivity contribution in [1.29, 1.82) is 5.26 Å². The van der Waals surface area contributed by atoms with Crippen LogP contribution in [0.15, 0.2) is 18.2 Å². The smallest absolute Gasteiger partial charge is 0.248 e. The van der Waals surface area contributed by atoms with E-state index < -0.39 is 6.04 Å². The predicted molar refractivity (Wildman–Crippen MR) is 51.5 cm³/mol. The van der Waals surface area contributed by atoms with Crippen molar-refractivity contribution >= 4 is 11.6 Å². The van der Waals surface area contributed by atoms with Crippen LogP contribution in [0.3, 0.4) is 0 Å². The quantitative estimate of drug-likeness (QED) is 0.644. The van der Waals surface area contributed by atoms with Crippen molar-refractivity contribution in [3.05, 3.63) is 29.3 Å². The summed E-state index contributed by atoms with van der Waals surface area (Å²) in [6, 6.07) is 6.54. The number of nitrogens with two attached hydrogens (primary N) is 1. The van der Waals surface area contributed by atoms with E-state index in [9.17, 15) is 4.79 Å². The summed E-state index contributed by atoms with van der Waals surface area (Å²) in [7, 11) is 1.66. The molecule has 70 valence electrons. The highest BCUT2D eigenvalue weighted by Gasteiger charge is 2.32. The molecule has 0 radical (unpaired) electrons. The Morgan fingerprint density at radius 3 is 2.93 bits per heavy atom. The topological polar surface area (TPSA) is 70.1 Å². The summed E-state index contributed by atoms with van der Waals surface area (Å²) in [6.07, 6.45) is 0. The number of likely N-dealkylation sites (N-methyl/N-ethyl adjacent to an activating group) is 1. The molecule has 1 aliphatic rings. The van der Waals surface area contributed by atoms with Crippen LogP contribution >= 0.6 is 0 Å². The number of hydrogen-bond acceptors (Lipinski definition) is 3. The van der Waals surface area contributed by atoms with Gasteiger partial charge in [0.25, 0.3) is 0 Å². The Morgan fingerprint density at radius 2 is 2.29 bits per heavy atom. The second kappa shape index (κ2) is 2.82. The minimum Gasteiger partial charge on any atom is -0.316 e. The number of nitriles is 1. The van der Waals surface area contributed by atoms with Gasteiger partial charge in [-0.3, -0.25) is 4.79 Å². The van der Waals surface area contributed by atoms with Gasteiger partial charge in [0.15, 0.2) is 0 Å². The lowest BCUT2D eigenvalue weighted by molar-refractivity contribution is -0.118. The van der Waals surface area contributed by atoms with Crippen LogP contribution in [-0.4, -0.2) is 13.0 Å². The van der Waals surface area contributed by atoms with E-state index in [-0.39, 0.29) is 5.91 Å². The second-order valence-electron chi connectivity index (χ2n) is 3.26. The summed E-state index contributed by atoms with van der Waals surface area (Å²) in [5.41, 5.74) is 7.76. The molecule has 0 spiro atoms. The Hall–Kier alpha value is -1.86. The Morgan fingerprint density at radius 1 is 1.57 bits per heavy atom. The Labute approximate surface area is 81.5 Å². The molecular formula is C10H9N3O. The van der Waals surface area contributed by atoms with Gasteiger partial charge >= 0.3 is 0 Å².